The van der Waals surface area contributed by atoms with Crippen molar-refractivity contribution in [3.05, 3.63) is 65.3 Å². The molecular formula is C21H23B3FN3O4S. The Hall–Kier alpha value is -2.72. The summed E-state index contributed by atoms with van der Waals surface area (Å²) in [5.41, 5.74) is 2.54. The van der Waals surface area contributed by atoms with Gasteiger partial charge in [-0.15, -0.1) is 0 Å². The van der Waals surface area contributed by atoms with Crippen LogP contribution in [0.2, 0.25) is 0 Å². The summed E-state index contributed by atoms with van der Waals surface area (Å²) >= 11 is -0.842. The quantitative estimate of drug-likeness (QED) is 0.366. The van der Waals surface area contributed by atoms with Gasteiger partial charge in [0, 0.05) is 17.8 Å². The minimum Gasteiger partial charge on any atom is -0.616 e. The molecular weight excluding hydrogens is 442 g/mol. The molecule has 4 rings (SSSR count). The second-order valence-electron chi connectivity index (χ2n) is 8.91. The number of carbonyl (C=O) groups is 1. The van der Waals surface area contributed by atoms with Crippen LogP contribution in [0.5, 0.6) is 5.88 Å². The van der Waals surface area contributed by atoms with E-state index in [9.17, 15) is 13.7 Å². The van der Waals surface area contributed by atoms with Crippen molar-refractivity contribution >= 4 is 40.6 Å². The van der Waals surface area contributed by atoms with E-state index in [1.807, 2.05) is 23.5 Å². The molecule has 168 valence electrons. The Morgan fingerprint density at radius 3 is 2.48 bits per heavy atom. The summed E-state index contributed by atoms with van der Waals surface area (Å²) in [6.45, 7) is 1.12. The van der Waals surface area contributed by atoms with Crippen LogP contribution in [-0.2, 0) is 22.9 Å². The molecule has 7 nitrogen and oxygen atoms in total. The molecule has 1 amide bonds. The van der Waals surface area contributed by atoms with Crippen LogP contribution in [0.15, 0.2) is 47.1 Å². The number of halogens is 1. The molecule has 12 heteroatoms. The highest BCUT2D eigenvalue weighted by Gasteiger charge is 2.28. The van der Waals surface area contributed by atoms with Gasteiger partial charge in [0.1, 0.15) is 35.4 Å². The average Bonchev–Trinajstić information content (AvgIpc) is 3.23. The largest absolute Gasteiger partial charge is 0.616 e. The number of carbonyl (C=O) groups excluding carboxylic acids is 1. The number of rotatable bonds is 6. The number of hydrogen-bond acceptors (Lipinski definition) is 6. The monoisotopic (exact) mass is 465 g/mol. The Labute approximate surface area is 197 Å². The van der Waals surface area contributed by atoms with Crippen LogP contribution >= 0.6 is 0 Å². The molecule has 2 aromatic heterocycles. The van der Waals surface area contributed by atoms with E-state index >= 15 is 0 Å². The van der Waals surface area contributed by atoms with Crippen molar-refractivity contribution in [1.29, 1.82) is 0 Å². The molecule has 1 fully saturated rings. The van der Waals surface area contributed by atoms with Crippen LogP contribution in [0, 0.1) is 5.82 Å². The van der Waals surface area contributed by atoms with E-state index < -0.39 is 11.2 Å². The van der Waals surface area contributed by atoms with Crippen molar-refractivity contribution in [3.63, 3.8) is 0 Å². The minimum atomic E-state index is -0.842. The van der Waals surface area contributed by atoms with E-state index in [4.69, 9.17) is 9.26 Å². The third kappa shape index (κ3) is 5.44. The van der Waals surface area contributed by atoms with E-state index in [-0.39, 0.29) is 23.4 Å². The molecule has 33 heavy (non-hydrogen) atoms. The maximum Gasteiger partial charge on any atom is 0.255 e. The number of pyridine rings is 1. The number of ether oxygens (including phenoxy) is 1. The van der Waals surface area contributed by atoms with E-state index in [0.717, 1.165) is 11.1 Å². The van der Waals surface area contributed by atoms with E-state index in [1.165, 1.54) is 18.3 Å². The van der Waals surface area contributed by atoms with Gasteiger partial charge in [-0.25, -0.2) is 9.37 Å². The molecule has 0 atom stereocenters. The van der Waals surface area contributed by atoms with Gasteiger partial charge in [-0.05, 0) is 30.3 Å². The van der Waals surface area contributed by atoms with Gasteiger partial charge in [-0.1, -0.05) is 21.4 Å². The van der Waals surface area contributed by atoms with Gasteiger partial charge in [0.25, 0.3) is 5.91 Å². The summed E-state index contributed by atoms with van der Waals surface area (Å²) in [7, 11) is 6.04. The molecule has 1 saturated heterocycles. The van der Waals surface area contributed by atoms with Gasteiger partial charge in [-0.3, -0.25) is 4.79 Å². The van der Waals surface area contributed by atoms with Gasteiger partial charge < -0.3 is 18.7 Å². The Balaban J connectivity index is 1.50. The first-order valence-corrected chi connectivity index (χ1v) is 12.2. The lowest BCUT2D eigenvalue weighted by atomic mass is 9.41. The normalized spacial score (nSPS) is 14.9. The zero-order chi connectivity index (χ0) is 23.6. The third-order valence-electron chi connectivity index (χ3n) is 5.40. The number of nitrogens with zero attached hydrogens (tertiary/aromatic N) is 3. The van der Waals surface area contributed by atoms with Crippen molar-refractivity contribution < 1.29 is 23.0 Å². The minimum absolute atomic E-state index is 0.126. The highest BCUT2D eigenvalue weighted by atomic mass is 32.2. The van der Waals surface area contributed by atoms with Crippen molar-refractivity contribution in [2.75, 3.05) is 24.6 Å². The van der Waals surface area contributed by atoms with Crippen LogP contribution in [0.3, 0.4) is 0 Å². The Bertz CT molecular complexity index is 1120. The standard InChI is InChI=1S/C21H23B3FN3O4S/c22-21(23,24)19-16(18(27-32-19)13-1-4-15(25)5-2-13)12-31-17-6-3-14(11-26-17)20(29)28-7-9-33(30)10-8-28/h1-6,11H,7-10,12,22-24H2. The average molecular weight is 465 g/mol. The van der Waals surface area contributed by atoms with Crippen molar-refractivity contribution in [3.8, 4) is 17.1 Å². The molecule has 0 N–H and O–H groups in total. The molecule has 0 bridgehead atoms. The lowest BCUT2D eigenvalue weighted by molar-refractivity contribution is 0.0769. The zero-order valence-corrected chi connectivity index (χ0v) is 19.7. The van der Waals surface area contributed by atoms with Crippen LogP contribution in [0.25, 0.3) is 11.3 Å². The second kappa shape index (κ2) is 9.65. The summed E-state index contributed by atoms with van der Waals surface area (Å²) in [5, 5.41) is 3.91. The smallest absolute Gasteiger partial charge is 0.255 e. The zero-order valence-electron chi connectivity index (χ0n) is 18.8. The fourth-order valence-electron chi connectivity index (χ4n) is 3.63. The Morgan fingerprint density at radius 1 is 1.18 bits per heavy atom. The van der Waals surface area contributed by atoms with E-state index in [1.54, 1.807) is 29.2 Å². The van der Waals surface area contributed by atoms with Gasteiger partial charge in [-0.2, -0.15) is 0 Å². The first-order valence-electron chi connectivity index (χ1n) is 10.7. The first kappa shape index (κ1) is 23.4. The fourth-order valence-corrected chi connectivity index (χ4v) is 4.68. The molecule has 3 aromatic rings. The van der Waals surface area contributed by atoms with Crippen molar-refractivity contribution in [2.45, 2.75) is 11.7 Å². The predicted molar refractivity (Wildman–Crippen MR) is 132 cm³/mol. The van der Waals surface area contributed by atoms with Crippen LogP contribution in [0.1, 0.15) is 21.7 Å². The SMILES string of the molecule is BC(B)(B)c1onc(-c2ccc(F)cc2)c1COc1ccc(C(=O)N2CC[S+]([O-])CC2)cn1. The van der Waals surface area contributed by atoms with Gasteiger partial charge >= 0.3 is 0 Å². The van der Waals surface area contributed by atoms with Gasteiger partial charge in [0.15, 0.2) is 0 Å². The topological polar surface area (TPSA) is 91.5 Å². The maximum absolute atomic E-state index is 13.4. The molecule has 0 radical (unpaired) electrons. The van der Waals surface area contributed by atoms with Crippen LogP contribution in [-0.4, -0.2) is 73.6 Å². The van der Waals surface area contributed by atoms with Gasteiger partial charge in [0.2, 0.25) is 5.88 Å². The third-order valence-corrected chi connectivity index (χ3v) is 6.68. The molecule has 1 aliphatic heterocycles. The number of amides is 1. The summed E-state index contributed by atoms with van der Waals surface area (Å²) < 4.78 is 36.4. The van der Waals surface area contributed by atoms with E-state index in [0.29, 0.717) is 47.5 Å². The highest BCUT2D eigenvalue weighted by Crippen LogP contribution is 2.30. The lowest BCUT2D eigenvalue weighted by Gasteiger charge is -2.28. The molecule has 3 heterocycles. The highest BCUT2D eigenvalue weighted by molar-refractivity contribution is 7.91. The molecule has 0 unspecified atom stereocenters. The molecule has 0 spiro atoms. The maximum atomic E-state index is 13.4. The van der Waals surface area contributed by atoms with Crippen molar-refractivity contribution in [2.24, 2.45) is 0 Å². The Kier molecular flexibility index (Phi) is 6.85. The predicted octanol–water partition coefficient (Wildman–Crippen LogP) is -0.331. The number of benzene rings is 1. The molecule has 1 aliphatic rings. The summed E-state index contributed by atoms with van der Waals surface area (Å²) in [6, 6.07) is 9.38. The Morgan fingerprint density at radius 2 is 1.88 bits per heavy atom. The molecule has 0 saturated carbocycles. The first-order chi connectivity index (χ1) is 15.7. The molecule has 0 aliphatic carbocycles. The summed E-state index contributed by atoms with van der Waals surface area (Å²) in [6.07, 6.45) is 1.49. The van der Waals surface area contributed by atoms with E-state index in [2.05, 4.69) is 10.1 Å². The lowest BCUT2D eigenvalue weighted by Crippen LogP contribution is -2.43. The van der Waals surface area contributed by atoms with Crippen LogP contribution in [0.4, 0.5) is 4.39 Å². The van der Waals surface area contributed by atoms with Crippen LogP contribution < -0.4 is 4.74 Å². The summed E-state index contributed by atoms with van der Waals surface area (Å²) in [5.74, 6) is 1.59. The molecule has 1 aromatic carbocycles. The second-order valence-corrected chi connectivity index (χ2v) is 10.6. The summed E-state index contributed by atoms with van der Waals surface area (Å²) in [4.78, 5) is 18.6. The fraction of sp³-hybridized carbons (Fsp3) is 0.286. The number of aromatic nitrogens is 2. The van der Waals surface area contributed by atoms with Crippen molar-refractivity contribution in [1.82, 2.24) is 15.0 Å². The number of hydrogen-bond donors (Lipinski definition) is 0. The van der Waals surface area contributed by atoms with Gasteiger partial charge in [0.05, 0.1) is 47.8 Å².